The van der Waals surface area contributed by atoms with Crippen LogP contribution in [-0.2, 0) is 11.8 Å². The molecule has 2 aliphatic carbocycles. The second kappa shape index (κ2) is 12.9. The van der Waals surface area contributed by atoms with Gasteiger partial charge in [0.1, 0.15) is 0 Å². The van der Waals surface area contributed by atoms with Crippen LogP contribution in [0.3, 0.4) is 0 Å². The molecule has 5 aromatic rings. The van der Waals surface area contributed by atoms with Crippen LogP contribution in [-0.4, -0.2) is 13.8 Å². The maximum absolute atomic E-state index is 4.19. The lowest BCUT2D eigenvalue weighted by Gasteiger charge is -2.40. The van der Waals surface area contributed by atoms with Gasteiger partial charge in [-0.1, -0.05) is 135 Å². The van der Waals surface area contributed by atoms with Crippen molar-refractivity contribution >= 4 is 46.5 Å². The minimum atomic E-state index is -0.0580. The van der Waals surface area contributed by atoms with Gasteiger partial charge >= 0.3 is 0 Å². The van der Waals surface area contributed by atoms with E-state index in [-0.39, 0.29) is 12.1 Å². The summed E-state index contributed by atoms with van der Waals surface area (Å²) in [7, 11) is 2.21. The van der Waals surface area contributed by atoms with Gasteiger partial charge in [-0.15, -0.1) is 0 Å². The number of benzene rings is 5. The zero-order valence-corrected chi connectivity index (χ0v) is 30.6. The van der Waals surface area contributed by atoms with Gasteiger partial charge in [-0.2, -0.15) is 0 Å². The number of rotatable bonds is 5. The van der Waals surface area contributed by atoms with E-state index in [4.69, 9.17) is 0 Å². The van der Waals surface area contributed by atoms with Gasteiger partial charge in [-0.3, -0.25) is 0 Å². The largest absolute Gasteiger partial charge is 0.345 e. The summed E-state index contributed by atoms with van der Waals surface area (Å²) in [5.41, 5.74) is 20.1. The summed E-state index contributed by atoms with van der Waals surface area (Å²) in [5.74, 6) is 0. The second-order valence-corrected chi connectivity index (χ2v) is 15.3. The van der Waals surface area contributed by atoms with Crippen molar-refractivity contribution in [1.29, 1.82) is 0 Å². The lowest BCUT2D eigenvalue weighted by molar-refractivity contribution is 0.592. The molecule has 5 aromatic carbocycles. The van der Waals surface area contributed by atoms with E-state index in [2.05, 4.69) is 177 Å². The third-order valence-corrected chi connectivity index (χ3v) is 12.0. The molecule has 0 N–H and O–H groups in total. The molecule has 2 heterocycles. The number of para-hydroxylation sites is 1. The first-order valence-electron chi connectivity index (χ1n) is 18.9. The monoisotopic (exact) mass is 672 g/mol. The van der Waals surface area contributed by atoms with Gasteiger partial charge in [0.15, 0.2) is 0 Å². The van der Waals surface area contributed by atoms with Crippen molar-refractivity contribution in [2.24, 2.45) is 0 Å². The van der Waals surface area contributed by atoms with Crippen molar-refractivity contribution < 1.29 is 0 Å². The van der Waals surface area contributed by atoms with Crippen LogP contribution in [0.1, 0.15) is 56.2 Å². The average molecular weight is 673 g/mol. The first-order chi connectivity index (χ1) is 25.4. The molecule has 0 radical (unpaired) electrons. The SMILES string of the molecule is C=C/C=C1/CC/C(N(c2ccc(-c3ccccc3)cc2)c2ccc3c(c2)C(C)(C)C2=C(CCC=C2)C3)=C\c2cccc3c2B1c1ccccc1N3C. The quantitative estimate of drug-likeness (QED) is 0.172. The molecule has 254 valence electrons. The topological polar surface area (TPSA) is 6.48 Å². The minimum Gasteiger partial charge on any atom is -0.345 e. The molecule has 0 fully saturated rings. The Morgan fingerprint density at radius 1 is 0.769 bits per heavy atom. The normalized spacial score (nSPS) is 18.7. The molecule has 0 saturated carbocycles. The van der Waals surface area contributed by atoms with Crippen molar-refractivity contribution in [3.63, 3.8) is 0 Å². The molecule has 2 nitrogen and oxygen atoms in total. The van der Waals surface area contributed by atoms with E-state index >= 15 is 0 Å². The van der Waals surface area contributed by atoms with E-state index in [9.17, 15) is 0 Å². The van der Waals surface area contributed by atoms with E-state index < -0.39 is 0 Å². The third kappa shape index (κ3) is 5.34. The number of fused-ring (bicyclic) bond motifs is 3. The third-order valence-electron chi connectivity index (χ3n) is 12.0. The van der Waals surface area contributed by atoms with Gasteiger partial charge < -0.3 is 9.80 Å². The van der Waals surface area contributed by atoms with Crippen LogP contribution in [0.25, 0.3) is 17.2 Å². The Labute approximate surface area is 309 Å². The van der Waals surface area contributed by atoms with Crippen molar-refractivity contribution in [2.75, 3.05) is 16.8 Å². The Morgan fingerprint density at radius 2 is 1.52 bits per heavy atom. The van der Waals surface area contributed by atoms with E-state index in [0.29, 0.717) is 0 Å². The van der Waals surface area contributed by atoms with Crippen LogP contribution in [0.15, 0.2) is 168 Å². The van der Waals surface area contributed by atoms with Gasteiger partial charge in [-0.05, 0) is 119 Å². The smallest absolute Gasteiger partial charge is 0.243 e. The summed E-state index contributed by atoms with van der Waals surface area (Å²) in [6, 6.07) is 42.9. The maximum Gasteiger partial charge on any atom is 0.243 e. The van der Waals surface area contributed by atoms with Gasteiger partial charge in [0.25, 0.3) is 0 Å². The summed E-state index contributed by atoms with van der Waals surface area (Å²) in [5, 5.41) is 0. The standard InChI is InChI=1S/C49H45BN2/c1-5-14-39-26-30-41(32-38-18-13-22-47-48(38)50(39)45-20-11-12-21-46(45)51(47)4)52(40-27-23-35(24-28-40)34-15-7-6-8-16-34)42-29-25-37-31-36-17-9-10-19-43(36)49(2,3)44(37)33-42/h5-8,10-16,18-25,27-29,32-33H,1,9,17,26,30-31H2,2-4H3/b39-14-,41-32+. The predicted molar refractivity (Wildman–Crippen MR) is 224 cm³/mol. The van der Waals surface area contributed by atoms with Crippen molar-refractivity contribution in [3.8, 4) is 11.1 Å². The first kappa shape index (κ1) is 32.4. The second-order valence-electron chi connectivity index (χ2n) is 15.3. The Morgan fingerprint density at radius 3 is 2.35 bits per heavy atom. The van der Waals surface area contributed by atoms with E-state index in [1.54, 1.807) is 5.57 Å². The zero-order chi connectivity index (χ0) is 35.4. The fraction of sp³-hybridized carbons (Fsp3) is 0.184. The lowest BCUT2D eigenvalue weighted by Crippen LogP contribution is -2.53. The maximum atomic E-state index is 4.19. The molecular weight excluding hydrogens is 627 g/mol. The molecule has 2 aliphatic heterocycles. The molecule has 4 aliphatic rings. The predicted octanol–water partition coefficient (Wildman–Crippen LogP) is 11.1. The van der Waals surface area contributed by atoms with Crippen LogP contribution < -0.4 is 20.7 Å². The van der Waals surface area contributed by atoms with Gasteiger partial charge in [0.05, 0.1) is 0 Å². The van der Waals surface area contributed by atoms with Crippen LogP contribution in [0.4, 0.5) is 22.7 Å². The highest BCUT2D eigenvalue weighted by Gasteiger charge is 2.38. The molecule has 0 unspecified atom stereocenters. The van der Waals surface area contributed by atoms with Crippen LogP contribution in [0, 0.1) is 0 Å². The van der Waals surface area contributed by atoms with Crippen molar-refractivity contribution in [3.05, 3.63) is 185 Å². The highest BCUT2D eigenvalue weighted by Crippen LogP contribution is 2.47. The molecule has 52 heavy (non-hydrogen) atoms. The molecule has 3 heteroatoms. The number of allylic oxidation sites excluding steroid dienone is 8. The Hall–Kier alpha value is -5.54. The molecule has 0 saturated heterocycles. The van der Waals surface area contributed by atoms with E-state index in [1.807, 2.05) is 6.08 Å². The Kier molecular flexibility index (Phi) is 8.03. The zero-order valence-electron chi connectivity index (χ0n) is 30.6. The lowest BCUT2D eigenvalue weighted by atomic mass is 9.33. The van der Waals surface area contributed by atoms with E-state index in [0.717, 1.165) is 25.7 Å². The molecule has 0 amide bonds. The summed E-state index contributed by atoms with van der Waals surface area (Å²) in [6.45, 7) is 9.22. The molecular formula is C49H45BN2. The fourth-order valence-electron chi connectivity index (χ4n) is 9.46. The van der Waals surface area contributed by atoms with Crippen LogP contribution in [0.2, 0.25) is 0 Å². The van der Waals surface area contributed by atoms with Crippen molar-refractivity contribution in [2.45, 2.75) is 51.4 Å². The number of nitrogens with zero attached hydrogens (tertiary/aromatic N) is 2. The highest BCUT2D eigenvalue weighted by atomic mass is 15.1. The number of anilines is 4. The Bertz CT molecular complexity index is 2340. The highest BCUT2D eigenvalue weighted by molar-refractivity contribution is 6.94. The van der Waals surface area contributed by atoms with Gasteiger partial charge in [0, 0.05) is 40.9 Å². The van der Waals surface area contributed by atoms with Crippen LogP contribution in [0.5, 0.6) is 0 Å². The number of hydrogen-bond donors (Lipinski definition) is 0. The van der Waals surface area contributed by atoms with E-state index in [1.165, 1.54) is 84.7 Å². The van der Waals surface area contributed by atoms with Gasteiger partial charge in [0.2, 0.25) is 6.71 Å². The molecule has 0 atom stereocenters. The first-order valence-corrected chi connectivity index (χ1v) is 18.9. The minimum absolute atomic E-state index is 0.0580. The fourth-order valence-corrected chi connectivity index (χ4v) is 9.46. The number of hydrogen-bond acceptors (Lipinski definition) is 2. The van der Waals surface area contributed by atoms with Gasteiger partial charge in [-0.25, -0.2) is 0 Å². The molecule has 0 bridgehead atoms. The van der Waals surface area contributed by atoms with Crippen LogP contribution >= 0.6 is 0 Å². The molecule has 0 aromatic heterocycles. The molecule has 9 rings (SSSR count). The summed E-state index contributed by atoms with van der Waals surface area (Å²) >= 11 is 0. The molecule has 0 spiro atoms. The average Bonchev–Trinajstić information content (AvgIpc) is 3.17. The summed E-state index contributed by atoms with van der Waals surface area (Å²) in [4.78, 5) is 4.91. The summed E-state index contributed by atoms with van der Waals surface area (Å²) < 4.78 is 0. The summed E-state index contributed by atoms with van der Waals surface area (Å²) in [6.07, 6.45) is 16.7. The Balaban J connectivity index is 1.23. The van der Waals surface area contributed by atoms with Crippen molar-refractivity contribution in [1.82, 2.24) is 0 Å².